The molecule has 1 N–H and O–H groups in total. The van der Waals surface area contributed by atoms with Gasteiger partial charge in [-0.2, -0.15) is 0 Å². The Morgan fingerprint density at radius 2 is 2.12 bits per heavy atom. The van der Waals surface area contributed by atoms with E-state index in [1.807, 2.05) is 30.3 Å². The number of hydrogen-bond donors (Lipinski definition) is 1. The van der Waals surface area contributed by atoms with Crippen LogP contribution < -0.4 is 5.32 Å². The smallest absolute Gasteiger partial charge is 0.323 e. The number of esters is 1. The van der Waals surface area contributed by atoms with Gasteiger partial charge in [0, 0.05) is 0 Å². The van der Waals surface area contributed by atoms with Crippen molar-refractivity contribution in [2.24, 2.45) is 0 Å². The van der Waals surface area contributed by atoms with Gasteiger partial charge >= 0.3 is 5.97 Å². The molecule has 0 aromatic heterocycles. The van der Waals surface area contributed by atoms with E-state index in [-0.39, 0.29) is 18.1 Å². The van der Waals surface area contributed by atoms with Crippen LogP contribution in [0.25, 0.3) is 0 Å². The van der Waals surface area contributed by atoms with Gasteiger partial charge in [0.05, 0.1) is 0 Å². The quantitative estimate of drug-likeness (QED) is 0.763. The molecular weight excluding hydrogens is 202 g/mol. The van der Waals surface area contributed by atoms with E-state index in [1.165, 1.54) is 0 Å². The zero-order valence-corrected chi connectivity index (χ0v) is 9.48. The maximum absolute atomic E-state index is 11.7. The first-order valence-electron chi connectivity index (χ1n) is 5.71. The lowest BCUT2D eigenvalue weighted by atomic mass is 10.1. The van der Waals surface area contributed by atoms with Gasteiger partial charge in [0.25, 0.3) is 0 Å². The molecule has 3 nitrogen and oxygen atoms in total. The van der Waals surface area contributed by atoms with Crippen molar-refractivity contribution in [3.63, 3.8) is 0 Å². The highest BCUT2D eigenvalue weighted by Crippen LogP contribution is 2.24. The maximum atomic E-state index is 11.7. The SMILES string of the molecule is CN[C@@H](Cc1ccccc1)C(=O)OC1CC1. The highest BCUT2D eigenvalue weighted by atomic mass is 16.5. The summed E-state index contributed by atoms with van der Waals surface area (Å²) in [5.41, 5.74) is 1.15. The van der Waals surface area contributed by atoms with Crippen LogP contribution in [0.4, 0.5) is 0 Å². The molecule has 0 unspecified atom stereocenters. The molecule has 1 atom stereocenters. The molecule has 0 bridgehead atoms. The van der Waals surface area contributed by atoms with E-state index in [1.54, 1.807) is 7.05 Å². The molecule has 86 valence electrons. The minimum absolute atomic E-state index is 0.131. The van der Waals surface area contributed by atoms with Gasteiger partial charge in [0.15, 0.2) is 0 Å². The summed E-state index contributed by atoms with van der Waals surface area (Å²) in [6.07, 6.45) is 2.91. The van der Waals surface area contributed by atoms with E-state index in [0.29, 0.717) is 6.42 Å². The first kappa shape index (κ1) is 11.1. The first-order chi connectivity index (χ1) is 7.79. The third kappa shape index (κ3) is 3.07. The minimum atomic E-state index is -0.233. The molecule has 0 radical (unpaired) electrons. The van der Waals surface area contributed by atoms with Crippen LogP contribution in [-0.4, -0.2) is 25.2 Å². The van der Waals surface area contributed by atoms with Gasteiger partial charge < -0.3 is 10.1 Å². The Kier molecular flexibility index (Phi) is 3.57. The molecule has 1 aromatic rings. The average Bonchev–Trinajstić information content (AvgIpc) is 3.11. The van der Waals surface area contributed by atoms with E-state index in [0.717, 1.165) is 18.4 Å². The Bertz CT molecular complexity index is 346. The molecule has 1 aliphatic carbocycles. The molecule has 0 aliphatic heterocycles. The molecule has 0 saturated heterocycles. The number of nitrogens with one attached hydrogen (secondary N) is 1. The van der Waals surface area contributed by atoms with Crippen LogP contribution >= 0.6 is 0 Å². The second-order valence-electron chi connectivity index (χ2n) is 4.17. The van der Waals surface area contributed by atoms with Crippen molar-refractivity contribution in [2.45, 2.75) is 31.4 Å². The van der Waals surface area contributed by atoms with E-state index in [4.69, 9.17) is 4.74 Å². The average molecular weight is 219 g/mol. The lowest BCUT2D eigenvalue weighted by Gasteiger charge is -2.14. The summed E-state index contributed by atoms with van der Waals surface area (Å²) in [5, 5.41) is 3.01. The fourth-order valence-electron chi connectivity index (χ4n) is 1.59. The van der Waals surface area contributed by atoms with Crippen molar-refractivity contribution in [2.75, 3.05) is 7.05 Å². The predicted octanol–water partition coefficient (Wildman–Crippen LogP) is 1.52. The normalized spacial score (nSPS) is 16.8. The van der Waals surface area contributed by atoms with Crippen molar-refractivity contribution >= 4 is 5.97 Å². The van der Waals surface area contributed by atoms with Crippen LogP contribution in [0.5, 0.6) is 0 Å². The van der Waals surface area contributed by atoms with Crippen molar-refractivity contribution < 1.29 is 9.53 Å². The Morgan fingerprint density at radius 3 is 2.69 bits per heavy atom. The van der Waals surface area contributed by atoms with Gasteiger partial charge in [0.2, 0.25) is 0 Å². The Hall–Kier alpha value is -1.35. The minimum Gasteiger partial charge on any atom is -0.461 e. The summed E-state index contributed by atoms with van der Waals surface area (Å²) in [7, 11) is 1.79. The number of rotatable bonds is 5. The van der Waals surface area contributed by atoms with Crippen LogP contribution in [-0.2, 0) is 16.0 Å². The van der Waals surface area contributed by atoms with Crippen LogP contribution in [0, 0.1) is 0 Å². The third-order valence-corrected chi connectivity index (χ3v) is 2.72. The van der Waals surface area contributed by atoms with Gasteiger partial charge in [-0.3, -0.25) is 4.79 Å². The number of carbonyl (C=O) groups excluding carboxylic acids is 1. The summed E-state index contributed by atoms with van der Waals surface area (Å²) in [6, 6.07) is 9.75. The fraction of sp³-hybridized carbons (Fsp3) is 0.462. The summed E-state index contributed by atoms with van der Waals surface area (Å²) in [6.45, 7) is 0. The molecule has 0 spiro atoms. The Labute approximate surface area is 95.8 Å². The third-order valence-electron chi connectivity index (χ3n) is 2.72. The largest absolute Gasteiger partial charge is 0.461 e. The molecular formula is C13H17NO2. The van der Waals surface area contributed by atoms with Gasteiger partial charge in [-0.25, -0.2) is 0 Å². The second kappa shape index (κ2) is 5.12. The van der Waals surface area contributed by atoms with Crippen LogP contribution in [0.1, 0.15) is 18.4 Å². The summed E-state index contributed by atoms with van der Waals surface area (Å²) in [5.74, 6) is -0.131. The van der Waals surface area contributed by atoms with Gasteiger partial charge in [0.1, 0.15) is 12.1 Å². The highest BCUT2D eigenvalue weighted by Gasteiger charge is 2.29. The zero-order valence-electron chi connectivity index (χ0n) is 9.48. The summed E-state index contributed by atoms with van der Waals surface area (Å²) in [4.78, 5) is 11.7. The highest BCUT2D eigenvalue weighted by molar-refractivity contribution is 5.76. The zero-order chi connectivity index (χ0) is 11.4. The number of benzene rings is 1. The second-order valence-corrected chi connectivity index (χ2v) is 4.17. The van der Waals surface area contributed by atoms with E-state index < -0.39 is 0 Å². The van der Waals surface area contributed by atoms with Gasteiger partial charge in [-0.05, 0) is 31.9 Å². The van der Waals surface area contributed by atoms with Crippen LogP contribution in [0.3, 0.4) is 0 Å². The number of ether oxygens (including phenoxy) is 1. The molecule has 2 rings (SSSR count). The first-order valence-corrected chi connectivity index (χ1v) is 5.71. The van der Waals surface area contributed by atoms with Crippen molar-refractivity contribution in [1.82, 2.24) is 5.32 Å². The lowest BCUT2D eigenvalue weighted by molar-refractivity contribution is -0.147. The molecule has 1 aliphatic rings. The van der Waals surface area contributed by atoms with Crippen LogP contribution in [0.2, 0.25) is 0 Å². The van der Waals surface area contributed by atoms with Crippen LogP contribution in [0.15, 0.2) is 30.3 Å². The molecule has 0 heterocycles. The monoisotopic (exact) mass is 219 g/mol. The van der Waals surface area contributed by atoms with E-state index in [9.17, 15) is 4.79 Å². The van der Waals surface area contributed by atoms with Gasteiger partial charge in [-0.15, -0.1) is 0 Å². The maximum Gasteiger partial charge on any atom is 0.323 e. The summed E-state index contributed by atoms with van der Waals surface area (Å²) < 4.78 is 5.29. The molecule has 1 saturated carbocycles. The fourth-order valence-corrected chi connectivity index (χ4v) is 1.59. The standard InChI is InChI=1S/C13H17NO2/c1-14-12(13(15)16-11-7-8-11)9-10-5-3-2-4-6-10/h2-6,11-12,14H,7-9H2,1H3/t12-/m0/s1. The van der Waals surface area contributed by atoms with E-state index >= 15 is 0 Å². The number of carbonyl (C=O) groups is 1. The van der Waals surface area contributed by atoms with E-state index in [2.05, 4.69) is 5.32 Å². The number of likely N-dealkylation sites (N-methyl/N-ethyl adjacent to an activating group) is 1. The molecule has 16 heavy (non-hydrogen) atoms. The molecule has 3 heteroatoms. The van der Waals surface area contributed by atoms with Crippen molar-refractivity contribution in [1.29, 1.82) is 0 Å². The van der Waals surface area contributed by atoms with Crippen molar-refractivity contribution in [3.8, 4) is 0 Å². The number of hydrogen-bond acceptors (Lipinski definition) is 3. The Morgan fingerprint density at radius 1 is 1.44 bits per heavy atom. The molecule has 1 fully saturated rings. The van der Waals surface area contributed by atoms with Crippen molar-refractivity contribution in [3.05, 3.63) is 35.9 Å². The molecule has 1 aromatic carbocycles. The summed E-state index contributed by atoms with van der Waals surface area (Å²) >= 11 is 0. The molecule has 0 amide bonds. The predicted molar refractivity (Wildman–Crippen MR) is 62.1 cm³/mol. The Balaban J connectivity index is 1.91. The topological polar surface area (TPSA) is 38.3 Å². The van der Waals surface area contributed by atoms with Gasteiger partial charge in [-0.1, -0.05) is 30.3 Å². The lowest BCUT2D eigenvalue weighted by Crippen LogP contribution is -2.37.